The largest absolute Gasteiger partial charge is 0.477 e. The minimum Gasteiger partial charge on any atom is -0.477 e. The zero-order valence-corrected chi connectivity index (χ0v) is 12.3. The average molecular weight is 271 g/mol. The van der Waals surface area contributed by atoms with Gasteiger partial charge in [-0.05, 0) is 18.4 Å². The fraction of sp³-hybridized carbons (Fsp3) is 0.375. The Morgan fingerprint density at radius 1 is 1.15 bits per heavy atom. The van der Waals surface area contributed by atoms with Gasteiger partial charge in [-0.25, -0.2) is 4.98 Å². The summed E-state index contributed by atoms with van der Waals surface area (Å²) >= 11 is 0. The molecular formula is C16H21N3O. The van der Waals surface area contributed by atoms with Crippen LogP contribution < -0.4 is 10.1 Å². The van der Waals surface area contributed by atoms with Crippen LogP contribution in [0.1, 0.15) is 25.2 Å². The van der Waals surface area contributed by atoms with Crippen LogP contribution in [0.3, 0.4) is 0 Å². The van der Waals surface area contributed by atoms with Crippen LogP contribution in [-0.4, -0.2) is 16.6 Å². The Morgan fingerprint density at radius 2 is 1.90 bits per heavy atom. The van der Waals surface area contributed by atoms with E-state index in [0.29, 0.717) is 24.2 Å². The Morgan fingerprint density at radius 3 is 2.60 bits per heavy atom. The summed E-state index contributed by atoms with van der Waals surface area (Å²) in [5.41, 5.74) is 1.22. The third-order valence-electron chi connectivity index (χ3n) is 2.70. The molecule has 0 fully saturated rings. The fourth-order valence-corrected chi connectivity index (χ4v) is 1.75. The number of anilines is 1. The van der Waals surface area contributed by atoms with Gasteiger partial charge in [-0.3, -0.25) is 0 Å². The molecule has 0 atom stereocenters. The second-order valence-corrected chi connectivity index (χ2v) is 5.18. The van der Waals surface area contributed by atoms with Crippen molar-refractivity contribution >= 4 is 5.82 Å². The first-order valence-electron chi connectivity index (χ1n) is 6.90. The number of hydrogen-bond donors (Lipinski definition) is 1. The molecule has 0 aliphatic rings. The summed E-state index contributed by atoms with van der Waals surface area (Å²) in [6.07, 6.45) is 0. The van der Waals surface area contributed by atoms with Crippen LogP contribution in [0.2, 0.25) is 0 Å². The fourth-order valence-electron chi connectivity index (χ4n) is 1.75. The Bertz CT molecular complexity index is 541. The zero-order valence-electron chi connectivity index (χ0n) is 12.3. The van der Waals surface area contributed by atoms with E-state index in [2.05, 4.69) is 41.3 Å². The Labute approximate surface area is 120 Å². The minimum atomic E-state index is 0.478. The number of nitrogens with one attached hydrogen (secondary N) is 1. The molecular weight excluding hydrogens is 250 g/mol. The van der Waals surface area contributed by atoms with E-state index in [-0.39, 0.29) is 0 Å². The third kappa shape index (κ3) is 4.53. The lowest BCUT2D eigenvalue weighted by Crippen LogP contribution is -2.08. The lowest BCUT2D eigenvalue weighted by atomic mass is 10.2. The van der Waals surface area contributed by atoms with Crippen molar-refractivity contribution < 1.29 is 4.74 Å². The lowest BCUT2D eigenvalue weighted by Gasteiger charge is -2.11. The summed E-state index contributed by atoms with van der Waals surface area (Å²) < 4.78 is 5.65. The molecule has 2 aromatic rings. The molecule has 20 heavy (non-hydrogen) atoms. The predicted molar refractivity (Wildman–Crippen MR) is 80.9 cm³/mol. The van der Waals surface area contributed by atoms with E-state index >= 15 is 0 Å². The van der Waals surface area contributed by atoms with Crippen LogP contribution in [0.15, 0.2) is 36.4 Å². The summed E-state index contributed by atoms with van der Waals surface area (Å²) in [5.74, 6) is 2.61. The highest BCUT2D eigenvalue weighted by atomic mass is 16.5. The van der Waals surface area contributed by atoms with Gasteiger partial charge in [0.25, 0.3) is 0 Å². The predicted octanol–water partition coefficient (Wildman–Crippen LogP) is 3.43. The van der Waals surface area contributed by atoms with Gasteiger partial charge in [0.15, 0.2) is 0 Å². The SMILES string of the molecule is Cc1nc(NCc2ccccc2)cc(OCC(C)C)n1. The van der Waals surface area contributed by atoms with Gasteiger partial charge in [-0.2, -0.15) is 4.98 Å². The number of ether oxygens (including phenoxy) is 1. The molecule has 0 unspecified atom stereocenters. The van der Waals surface area contributed by atoms with Crippen molar-refractivity contribution in [3.05, 3.63) is 47.8 Å². The van der Waals surface area contributed by atoms with Crippen LogP contribution >= 0.6 is 0 Å². The van der Waals surface area contributed by atoms with Gasteiger partial charge in [0.2, 0.25) is 5.88 Å². The maximum atomic E-state index is 5.65. The average Bonchev–Trinajstić information content (AvgIpc) is 2.44. The first-order valence-corrected chi connectivity index (χ1v) is 6.90. The highest BCUT2D eigenvalue weighted by molar-refractivity contribution is 5.39. The third-order valence-corrected chi connectivity index (χ3v) is 2.70. The molecule has 0 saturated heterocycles. The molecule has 1 aromatic carbocycles. The zero-order chi connectivity index (χ0) is 14.4. The van der Waals surface area contributed by atoms with E-state index in [4.69, 9.17) is 4.74 Å². The molecule has 4 heteroatoms. The van der Waals surface area contributed by atoms with Crippen molar-refractivity contribution in [3.63, 3.8) is 0 Å². The van der Waals surface area contributed by atoms with E-state index in [9.17, 15) is 0 Å². The smallest absolute Gasteiger partial charge is 0.218 e. The van der Waals surface area contributed by atoms with Crippen molar-refractivity contribution in [2.75, 3.05) is 11.9 Å². The van der Waals surface area contributed by atoms with Gasteiger partial charge < -0.3 is 10.1 Å². The van der Waals surface area contributed by atoms with Gasteiger partial charge in [-0.1, -0.05) is 44.2 Å². The summed E-state index contributed by atoms with van der Waals surface area (Å²) in [6.45, 7) is 7.50. The molecule has 0 amide bonds. The maximum absolute atomic E-state index is 5.65. The number of aryl methyl sites for hydroxylation is 1. The molecule has 0 aliphatic carbocycles. The van der Waals surface area contributed by atoms with Gasteiger partial charge >= 0.3 is 0 Å². The molecule has 2 rings (SSSR count). The van der Waals surface area contributed by atoms with Gasteiger partial charge in [-0.15, -0.1) is 0 Å². The van der Waals surface area contributed by atoms with Crippen molar-refractivity contribution in [2.24, 2.45) is 5.92 Å². The number of benzene rings is 1. The number of aromatic nitrogens is 2. The summed E-state index contributed by atoms with van der Waals surface area (Å²) in [6, 6.07) is 12.1. The normalized spacial score (nSPS) is 10.6. The minimum absolute atomic E-state index is 0.478. The molecule has 0 spiro atoms. The molecule has 0 bridgehead atoms. The molecule has 0 aliphatic heterocycles. The van der Waals surface area contributed by atoms with Crippen LogP contribution in [-0.2, 0) is 6.54 Å². The second kappa shape index (κ2) is 6.89. The first kappa shape index (κ1) is 14.3. The van der Waals surface area contributed by atoms with Crippen molar-refractivity contribution in [1.29, 1.82) is 0 Å². The van der Waals surface area contributed by atoms with E-state index in [1.807, 2.05) is 31.2 Å². The van der Waals surface area contributed by atoms with Gasteiger partial charge in [0, 0.05) is 12.6 Å². The Kier molecular flexibility index (Phi) is 4.93. The standard InChI is InChI=1S/C16H21N3O/c1-12(2)11-20-16-9-15(18-13(3)19-16)17-10-14-7-5-4-6-8-14/h4-9,12H,10-11H2,1-3H3,(H,17,18,19). The Hall–Kier alpha value is -2.10. The quantitative estimate of drug-likeness (QED) is 0.874. The van der Waals surface area contributed by atoms with Gasteiger partial charge in [0.05, 0.1) is 6.61 Å². The van der Waals surface area contributed by atoms with E-state index in [0.717, 1.165) is 12.4 Å². The summed E-state index contributed by atoms with van der Waals surface area (Å²) in [4.78, 5) is 8.66. The molecule has 1 aromatic heterocycles. The van der Waals surface area contributed by atoms with Crippen LogP contribution in [0, 0.1) is 12.8 Å². The lowest BCUT2D eigenvalue weighted by molar-refractivity contribution is 0.260. The molecule has 4 nitrogen and oxygen atoms in total. The number of hydrogen-bond acceptors (Lipinski definition) is 4. The number of rotatable bonds is 6. The molecule has 1 N–H and O–H groups in total. The van der Waals surface area contributed by atoms with Crippen LogP contribution in [0.4, 0.5) is 5.82 Å². The van der Waals surface area contributed by atoms with Gasteiger partial charge in [0.1, 0.15) is 11.6 Å². The monoisotopic (exact) mass is 271 g/mol. The van der Waals surface area contributed by atoms with E-state index in [1.165, 1.54) is 5.56 Å². The van der Waals surface area contributed by atoms with Crippen LogP contribution in [0.25, 0.3) is 0 Å². The molecule has 1 heterocycles. The topological polar surface area (TPSA) is 47.0 Å². The number of nitrogens with zero attached hydrogens (tertiary/aromatic N) is 2. The first-order chi connectivity index (χ1) is 9.63. The van der Waals surface area contributed by atoms with E-state index < -0.39 is 0 Å². The molecule has 106 valence electrons. The highest BCUT2D eigenvalue weighted by Crippen LogP contribution is 2.15. The van der Waals surface area contributed by atoms with Crippen molar-refractivity contribution in [2.45, 2.75) is 27.3 Å². The molecule has 0 saturated carbocycles. The maximum Gasteiger partial charge on any atom is 0.218 e. The van der Waals surface area contributed by atoms with Crippen molar-refractivity contribution in [1.82, 2.24) is 9.97 Å². The second-order valence-electron chi connectivity index (χ2n) is 5.18. The summed E-state index contributed by atoms with van der Waals surface area (Å²) in [7, 11) is 0. The molecule has 0 radical (unpaired) electrons. The summed E-state index contributed by atoms with van der Waals surface area (Å²) in [5, 5.41) is 3.30. The van der Waals surface area contributed by atoms with Crippen LogP contribution in [0.5, 0.6) is 5.88 Å². The Balaban J connectivity index is 2.00. The van der Waals surface area contributed by atoms with Crippen molar-refractivity contribution in [3.8, 4) is 5.88 Å². The van der Waals surface area contributed by atoms with E-state index in [1.54, 1.807) is 0 Å². The highest BCUT2D eigenvalue weighted by Gasteiger charge is 2.04.